The Morgan fingerprint density at radius 1 is 1.14 bits per heavy atom. The van der Waals surface area contributed by atoms with E-state index >= 15 is 0 Å². The molecule has 0 radical (unpaired) electrons. The molecule has 2 rings (SSSR count). The second-order valence-corrected chi connectivity index (χ2v) is 6.23. The molecule has 0 heterocycles. The largest absolute Gasteiger partial charge is 0.427 e. The van der Waals surface area contributed by atoms with Gasteiger partial charge in [0.1, 0.15) is 0 Å². The van der Waals surface area contributed by atoms with E-state index in [1.54, 1.807) is 0 Å². The molecule has 0 aromatic heterocycles. The van der Waals surface area contributed by atoms with E-state index in [0.29, 0.717) is 5.75 Å². The number of hydrogen-bond donors (Lipinski definition) is 0. The third-order valence-corrected chi connectivity index (χ3v) is 4.45. The minimum absolute atomic E-state index is 0.291. The Hall–Kier alpha value is -1.49. The second-order valence-electron chi connectivity index (χ2n) is 5.03. The van der Waals surface area contributed by atoms with Gasteiger partial charge in [-0.25, -0.2) is 4.79 Å². The van der Waals surface area contributed by atoms with Crippen molar-refractivity contribution < 1.29 is 19.1 Å². The molecule has 0 bridgehead atoms. The van der Waals surface area contributed by atoms with Crippen molar-refractivity contribution in [1.29, 1.82) is 0 Å². The maximum absolute atomic E-state index is 12.5. The van der Waals surface area contributed by atoms with Gasteiger partial charge in [-0.05, 0) is 30.2 Å². The zero-order valence-electron chi connectivity index (χ0n) is 12.2. The van der Waals surface area contributed by atoms with E-state index in [4.69, 9.17) is 9.47 Å². The van der Waals surface area contributed by atoms with Crippen molar-refractivity contribution in [3.63, 3.8) is 0 Å². The summed E-state index contributed by atoms with van der Waals surface area (Å²) in [5, 5.41) is -0.412. The van der Waals surface area contributed by atoms with E-state index in [1.165, 1.54) is 0 Å². The first kappa shape index (κ1) is 15.9. The fourth-order valence-corrected chi connectivity index (χ4v) is 3.14. The van der Waals surface area contributed by atoms with Crippen LogP contribution in [0.1, 0.15) is 38.2 Å². The molecule has 21 heavy (non-hydrogen) atoms. The van der Waals surface area contributed by atoms with Crippen LogP contribution in [0.15, 0.2) is 30.3 Å². The molecule has 114 valence electrons. The average molecular weight is 308 g/mol. The maximum atomic E-state index is 12.5. The highest BCUT2D eigenvalue weighted by molar-refractivity contribution is 8.13. The van der Waals surface area contributed by atoms with Crippen LogP contribution >= 0.6 is 11.8 Å². The van der Waals surface area contributed by atoms with Gasteiger partial charge in [0, 0.05) is 5.75 Å². The van der Waals surface area contributed by atoms with Gasteiger partial charge in [-0.2, -0.15) is 0 Å². The molecule has 0 aliphatic heterocycles. The van der Waals surface area contributed by atoms with E-state index in [0.717, 1.165) is 43.0 Å². The van der Waals surface area contributed by atoms with Gasteiger partial charge in [0.05, 0.1) is 5.41 Å². The summed E-state index contributed by atoms with van der Waals surface area (Å²) in [5.74, 6) is 0.348. The van der Waals surface area contributed by atoms with Gasteiger partial charge in [-0.3, -0.25) is 4.79 Å². The molecule has 0 saturated heterocycles. The van der Waals surface area contributed by atoms with Gasteiger partial charge in [0.15, 0.2) is 0 Å². The summed E-state index contributed by atoms with van der Waals surface area (Å²) >= 11 is 1.06. The molecule has 5 heteroatoms. The van der Waals surface area contributed by atoms with Gasteiger partial charge in [0.2, 0.25) is 6.79 Å². The summed E-state index contributed by atoms with van der Waals surface area (Å²) in [6.07, 6.45) is 3.59. The number of benzene rings is 1. The Labute approximate surface area is 129 Å². The Kier molecular flexibility index (Phi) is 5.67. The lowest BCUT2D eigenvalue weighted by Crippen LogP contribution is -2.35. The molecule has 0 amide bonds. The first-order chi connectivity index (χ1) is 10.2. The molecule has 1 aliphatic rings. The lowest BCUT2D eigenvalue weighted by Gasteiger charge is -2.26. The number of ether oxygens (including phenoxy) is 2. The molecule has 0 N–H and O–H groups in total. The monoisotopic (exact) mass is 308 g/mol. The van der Waals surface area contributed by atoms with Crippen molar-refractivity contribution in [3.05, 3.63) is 35.9 Å². The SMILES string of the molecule is CCSC(=O)OCOC(=O)C1(c2ccccc2)CCCC1. The molecular formula is C16H20O4S. The molecule has 1 aromatic rings. The normalized spacial score (nSPS) is 16.4. The Bertz CT molecular complexity index is 480. The van der Waals surface area contributed by atoms with Crippen LogP contribution in [-0.2, 0) is 19.7 Å². The number of hydrogen-bond acceptors (Lipinski definition) is 5. The zero-order chi connectivity index (χ0) is 15.1. The zero-order valence-corrected chi connectivity index (χ0v) is 13.0. The fourth-order valence-electron chi connectivity index (χ4n) is 2.78. The van der Waals surface area contributed by atoms with E-state index in [9.17, 15) is 9.59 Å². The third kappa shape index (κ3) is 3.79. The maximum Gasteiger partial charge on any atom is 0.370 e. The van der Waals surface area contributed by atoms with Crippen molar-refractivity contribution in [3.8, 4) is 0 Å². The fraction of sp³-hybridized carbons (Fsp3) is 0.500. The lowest BCUT2D eigenvalue weighted by atomic mass is 9.79. The van der Waals surface area contributed by atoms with Crippen LogP contribution in [0.3, 0.4) is 0 Å². The molecule has 1 fully saturated rings. The van der Waals surface area contributed by atoms with Gasteiger partial charge in [-0.1, -0.05) is 50.1 Å². The minimum atomic E-state index is -0.578. The van der Waals surface area contributed by atoms with E-state index < -0.39 is 10.7 Å². The molecule has 1 aliphatic carbocycles. The van der Waals surface area contributed by atoms with Crippen LogP contribution < -0.4 is 0 Å². The van der Waals surface area contributed by atoms with Crippen molar-refractivity contribution in [2.24, 2.45) is 0 Å². The number of carbonyl (C=O) groups excluding carboxylic acids is 2. The van der Waals surface area contributed by atoms with Crippen molar-refractivity contribution in [2.45, 2.75) is 38.0 Å². The topological polar surface area (TPSA) is 52.6 Å². The summed E-state index contributed by atoms with van der Waals surface area (Å²) in [6, 6.07) is 9.72. The summed E-state index contributed by atoms with van der Waals surface area (Å²) < 4.78 is 10.1. The summed E-state index contributed by atoms with van der Waals surface area (Å²) in [4.78, 5) is 23.7. The summed E-state index contributed by atoms with van der Waals surface area (Å²) in [6.45, 7) is 1.56. The van der Waals surface area contributed by atoms with Crippen molar-refractivity contribution >= 4 is 23.0 Å². The molecule has 0 spiro atoms. The predicted molar refractivity (Wildman–Crippen MR) is 82.2 cm³/mol. The van der Waals surface area contributed by atoms with Gasteiger partial charge >= 0.3 is 11.3 Å². The van der Waals surface area contributed by atoms with Crippen LogP contribution in [0, 0.1) is 0 Å². The van der Waals surface area contributed by atoms with Gasteiger partial charge in [0.25, 0.3) is 0 Å². The quantitative estimate of drug-likeness (QED) is 0.610. The van der Waals surface area contributed by atoms with Gasteiger partial charge < -0.3 is 9.47 Å². The van der Waals surface area contributed by atoms with E-state index in [-0.39, 0.29) is 12.8 Å². The van der Waals surface area contributed by atoms with Crippen molar-refractivity contribution in [2.75, 3.05) is 12.5 Å². The lowest BCUT2D eigenvalue weighted by molar-refractivity contribution is -0.158. The molecule has 0 unspecified atom stereocenters. The highest BCUT2D eigenvalue weighted by Gasteiger charge is 2.44. The van der Waals surface area contributed by atoms with E-state index in [2.05, 4.69) is 0 Å². The average Bonchev–Trinajstić information content (AvgIpc) is 2.99. The summed E-state index contributed by atoms with van der Waals surface area (Å²) in [7, 11) is 0. The Morgan fingerprint density at radius 3 is 2.43 bits per heavy atom. The highest BCUT2D eigenvalue weighted by atomic mass is 32.2. The first-order valence-electron chi connectivity index (χ1n) is 7.21. The smallest absolute Gasteiger partial charge is 0.370 e. The highest BCUT2D eigenvalue weighted by Crippen LogP contribution is 2.42. The predicted octanol–water partition coefficient (Wildman–Crippen LogP) is 3.89. The number of thioether (sulfide) groups is 1. The minimum Gasteiger partial charge on any atom is -0.427 e. The van der Waals surface area contributed by atoms with Crippen LogP contribution in [0.25, 0.3) is 0 Å². The van der Waals surface area contributed by atoms with E-state index in [1.807, 2.05) is 37.3 Å². The van der Waals surface area contributed by atoms with Crippen LogP contribution in [-0.4, -0.2) is 23.8 Å². The summed E-state index contributed by atoms with van der Waals surface area (Å²) in [5.41, 5.74) is 0.410. The number of esters is 1. The molecule has 1 aromatic carbocycles. The molecule has 1 saturated carbocycles. The van der Waals surface area contributed by atoms with Crippen LogP contribution in [0.2, 0.25) is 0 Å². The first-order valence-corrected chi connectivity index (χ1v) is 8.20. The van der Waals surface area contributed by atoms with Crippen molar-refractivity contribution in [1.82, 2.24) is 0 Å². The Morgan fingerprint density at radius 2 is 1.81 bits per heavy atom. The number of rotatable bonds is 5. The van der Waals surface area contributed by atoms with Crippen LogP contribution in [0.4, 0.5) is 4.79 Å². The molecule has 4 nitrogen and oxygen atoms in total. The number of carbonyl (C=O) groups is 2. The Balaban J connectivity index is 1.99. The second kappa shape index (κ2) is 7.50. The van der Waals surface area contributed by atoms with Gasteiger partial charge in [-0.15, -0.1) is 0 Å². The van der Waals surface area contributed by atoms with Crippen LogP contribution in [0.5, 0.6) is 0 Å². The molecule has 0 atom stereocenters. The standard InChI is InChI=1S/C16H20O4S/c1-2-21-15(18)20-12-19-14(17)16(10-6-7-11-16)13-8-4-3-5-9-13/h3-5,8-9H,2,6-7,10-12H2,1H3. The third-order valence-electron chi connectivity index (χ3n) is 3.80. The molecular weight excluding hydrogens is 288 g/mol.